The van der Waals surface area contributed by atoms with Gasteiger partial charge >= 0.3 is 0 Å². The first kappa shape index (κ1) is 63.9. The minimum absolute atomic E-state index is 0.0826. The Kier molecular flexibility index (Phi) is 26.3. The molecule has 0 heterocycles. The van der Waals surface area contributed by atoms with Gasteiger partial charge in [0.1, 0.15) is 73.8 Å². The Bertz CT molecular complexity index is 2660. The number of aliphatic hydroxyl groups is 4. The van der Waals surface area contributed by atoms with Gasteiger partial charge in [0.15, 0.2) is 0 Å². The average Bonchev–Trinajstić information content (AvgIpc) is 3.64. The number of ether oxygens (including phenoxy) is 4. The van der Waals surface area contributed by atoms with Crippen molar-refractivity contribution in [2.24, 2.45) is 0 Å². The maximum absolute atomic E-state index is 11.3. The van der Waals surface area contributed by atoms with Gasteiger partial charge in [-0.15, -0.1) is 0 Å². The van der Waals surface area contributed by atoms with Crippen LogP contribution in [-0.4, -0.2) is 142 Å². The van der Waals surface area contributed by atoms with Gasteiger partial charge in [-0.2, -0.15) is 0 Å². The molecule has 0 amide bonds. The summed E-state index contributed by atoms with van der Waals surface area (Å²) in [7, 11) is 0. The molecule has 4 atom stereocenters. The first-order valence-electron chi connectivity index (χ1n) is 29.3. The van der Waals surface area contributed by atoms with Gasteiger partial charge in [-0.3, -0.25) is 4.90 Å². The highest BCUT2D eigenvalue weighted by atomic mass is 16.5. The molecule has 7 aromatic rings. The van der Waals surface area contributed by atoms with Crippen LogP contribution in [0.5, 0.6) is 23.0 Å². The lowest BCUT2D eigenvalue weighted by molar-refractivity contribution is 0.0317. The van der Waals surface area contributed by atoms with Crippen molar-refractivity contribution in [2.45, 2.75) is 82.6 Å². The normalized spacial score (nSPS) is 13.3. The van der Waals surface area contributed by atoms with Crippen LogP contribution in [0.3, 0.4) is 0 Å². The maximum atomic E-state index is 11.3. The third kappa shape index (κ3) is 22.5. The monoisotopic (exact) mass is 1130 g/mol. The smallest absolute Gasteiger partial charge is 0.119 e. The van der Waals surface area contributed by atoms with Crippen LogP contribution in [-0.2, 0) is 30.5 Å². The molecule has 14 heteroatoms. The molecule has 83 heavy (non-hydrogen) atoms. The molecule has 0 bridgehead atoms. The maximum Gasteiger partial charge on any atom is 0.119 e. The van der Waals surface area contributed by atoms with E-state index in [1.807, 2.05) is 108 Å². The number of aliphatic hydroxyl groups excluding tert-OH is 4. The minimum atomic E-state index is -0.817. The van der Waals surface area contributed by atoms with Gasteiger partial charge in [-0.1, -0.05) is 167 Å². The van der Waals surface area contributed by atoms with Crippen LogP contribution in [0.15, 0.2) is 188 Å². The summed E-state index contributed by atoms with van der Waals surface area (Å²) in [5.74, 6) is 2.71. The number of benzene rings is 7. The molecular formula is C69H90N6O8. The predicted molar refractivity (Wildman–Crippen MR) is 333 cm³/mol. The van der Waals surface area contributed by atoms with Crippen LogP contribution in [0, 0.1) is 0 Å². The Morgan fingerprint density at radius 2 is 0.602 bits per heavy atom. The molecule has 7 rings (SSSR count). The van der Waals surface area contributed by atoms with Gasteiger partial charge in [-0.25, -0.2) is 0 Å². The SMILES string of the molecule is CC(C)(c1ccc(OCC(O)CNCCNCc2ccccc2)cc1)c1ccc(OCC(O)CN(CCNCc2ccccc2)CC(O)COc2ccc(C(C)(C)c3ccc(OCC(O)CNCCNCc4ccccc4)cc3)cc2)cc1. The molecule has 14 nitrogen and oxygen atoms in total. The summed E-state index contributed by atoms with van der Waals surface area (Å²) >= 11 is 0. The van der Waals surface area contributed by atoms with E-state index in [-0.39, 0.29) is 37.3 Å². The molecule has 0 aliphatic carbocycles. The van der Waals surface area contributed by atoms with Crippen molar-refractivity contribution in [2.75, 3.05) is 91.9 Å². The Morgan fingerprint density at radius 3 is 0.904 bits per heavy atom. The van der Waals surface area contributed by atoms with Crippen molar-refractivity contribution < 1.29 is 39.4 Å². The van der Waals surface area contributed by atoms with Crippen LogP contribution in [0.1, 0.15) is 66.6 Å². The van der Waals surface area contributed by atoms with Crippen LogP contribution in [0.2, 0.25) is 0 Å². The quantitative estimate of drug-likeness (QED) is 0.0170. The molecule has 0 spiro atoms. The topological polar surface area (TPSA) is 181 Å². The second-order valence-electron chi connectivity index (χ2n) is 22.4. The standard InChI is InChI=1S/C69H90N6O8/c1-68(2,56-20-28-64(29-21-56)80-49-60(76)45-72-38-36-70-42-53-14-8-5-9-15-53)58-24-32-66(33-25-58)82-51-62(78)47-75(41-40-74-44-55-18-12-7-13-19-55)48-63(79)52-83-67-34-26-59(27-35-67)69(3,4)57-22-30-65(31-23-57)81-50-61(77)46-73-39-37-71-43-54-16-10-6-11-17-54/h5-35,60-63,70-74,76-79H,36-52H2,1-4H3. The van der Waals surface area contributed by atoms with Crippen LogP contribution in [0.4, 0.5) is 0 Å². The summed E-state index contributed by atoms with van der Waals surface area (Å²) in [6.45, 7) is 17.4. The van der Waals surface area contributed by atoms with Crippen molar-refractivity contribution in [3.8, 4) is 23.0 Å². The van der Waals surface area contributed by atoms with E-state index >= 15 is 0 Å². The number of rotatable bonds is 39. The second-order valence-corrected chi connectivity index (χ2v) is 22.4. The fraction of sp³-hybridized carbons (Fsp3) is 0.391. The zero-order valence-electron chi connectivity index (χ0n) is 49.1. The second kappa shape index (κ2) is 34.2. The van der Waals surface area contributed by atoms with Crippen LogP contribution in [0.25, 0.3) is 0 Å². The minimum Gasteiger partial charge on any atom is -0.491 e. The van der Waals surface area contributed by atoms with Crippen molar-refractivity contribution in [1.29, 1.82) is 0 Å². The molecule has 0 aromatic heterocycles. The molecule has 0 fully saturated rings. The van der Waals surface area contributed by atoms with Gasteiger partial charge in [0.2, 0.25) is 0 Å². The summed E-state index contributed by atoms with van der Waals surface area (Å²) in [5.41, 5.74) is 7.49. The lowest BCUT2D eigenvalue weighted by Gasteiger charge is -2.28. The zero-order chi connectivity index (χ0) is 58.5. The molecule has 0 radical (unpaired) electrons. The highest BCUT2D eigenvalue weighted by Gasteiger charge is 2.25. The Labute approximate surface area is 493 Å². The Balaban J connectivity index is 0.816. The van der Waals surface area contributed by atoms with E-state index in [4.69, 9.17) is 18.9 Å². The zero-order valence-corrected chi connectivity index (χ0v) is 49.1. The predicted octanol–water partition coefficient (Wildman–Crippen LogP) is 7.85. The van der Waals surface area contributed by atoms with E-state index in [1.165, 1.54) is 16.7 Å². The molecular weight excluding hydrogens is 1040 g/mol. The summed E-state index contributed by atoms with van der Waals surface area (Å²) in [6, 6.07) is 62.8. The Hall–Kier alpha value is -6.66. The number of nitrogens with one attached hydrogen (secondary N) is 5. The third-order valence-electron chi connectivity index (χ3n) is 14.8. The van der Waals surface area contributed by atoms with E-state index in [1.54, 1.807) is 0 Å². The van der Waals surface area contributed by atoms with Gasteiger partial charge in [0.05, 0.1) is 0 Å². The van der Waals surface area contributed by atoms with E-state index in [9.17, 15) is 20.4 Å². The van der Waals surface area contributed by atoms with E-state index < -0.39 is 24.4 Å². The number of hydrogen-bond acceptors (Lipinski definition) is 14. The Morgan fingerprint density at radius 1 is 0.337 bits per heavy atom. The molecule has 7 aromatic carbocycles. The van der Waals surface area contributed by atoms with Gasteiger partial charge in [-0.05, 0) is 87.5 Å². The number of hydrogen-bond donors (Lipinski definition) is 9. The van der Waals surface area contributed by atoms with Gasteiger partial charge < -0.3 is 66.0 Å². The van der Waals surface area contributed by atoms with Crippen molar-refractivity contribution in [3.05, 3.63) is 227 Å². The summed E-state index contributed by atoms with van der Waals surface area (Å²) in [5, 5.41) is 60.5. The highest BCUT2D eigenvalue weighted by Crippen LogP contribution is 2.35. The van der Waals surface area contributed by atoms with Crippen molar-refractivity contribution in [3.63, 3.8) is 0 Å². The lowest BCUT2D eigenvalue weighted by atomic mass is 9.78. The molecule has 0 saturated heterocycles. The van der Waals surface area contributed by atoms with E-state index in [0.717, 1.165) is 61.5 Å². The van der Waals surface area contributed by atoms with Crippen LogP contribution < -0.4 is 45.5 Å². The van der Waals surface area contributed by atoms with Crippen molar-refractivity contribution in [1.82, 2.24) is 31.5 Å². The summed E-state index contributed by atoms with van der Waals surface area (Å²) in [6.07, 6.45) is -2.89. The molecule has 9 N–H and O–H groups in total. The fourth-order valence-corrected chi connectivity index (χ4v) is 9.66. The van der Waals surface area contributed by atoms with E-state index in [2.05, 4.69) is 139 Å². The molecule has 4 unspecified atom stereocenters. The lowest BCUT2D eigenvalue weighted by Crippen LogP contribution is -2.44. The van der Waals surface area contributed by atoms with E-state index in [0.29, 0.717) is 68.8 Å². The third-order valence-corrected chi connectivity index (χ3v) is 14.8. The molecule has 444 valence electrons. The molecule has 0 aliphatic heterocycles. The van der Waals surface area contributed by atoms with Crippen LogP contribution >= 0.6 is 0 Å². The first-order valence-corrected chi connectivity index (χ1v) is 29.3. The van der Waals surface area contributed by atoms with Crippen molar-refractivity contribution >= 4 is 0 Å². The average molecular weight is 1130 g/mol. The highest BCUT2D eigenvalue weighted by molar-refractivity contribution is 5.43. The van der Waals surface area contributed by atoms with Gasteiger partial charge in [0.25, 0.3) is 0 Å². The number of nitrogens with zero attached hydrogens (tertiary/aromatic N) is 1. The van der Waals surface area contributed by atoms with Gasteiger partial charge in [0, 0.05) is 95.9 Å². The largest absolute Gasteiger partial charge is 0.491 e. The first-order chi connectivity index (χ1) is 40.3. The summed E-state index contributed by atoms with van der Waals surface area (Å²) in [4.78, 5) is 2.05. The summed E-state index contributed by atoms with van der Waals surface area (Å²) < 4.78 is 24.1. The molecule has 0 aliphatic rings. The molecule has 0 saturated carbocycles. The fourth-order valence-electron chi connectivity index (χ4n) is 9.66.